The molecule has 0 amide bonds. The van der Waals surface area contributed by atoms with Crippen molar-refractivity contribution in [1.29, 1.82) is 0 Å². The van der Waals surface area contributed by atoms with Crippen molar-refractivity contribution < 1.29 is 9.90 Å². The Balaban J connectivity index is 2.28. The zero-order chi connectivity index (χ0) is 15.3. The largest absolute Gasteiger partial charge is 0.479 e. The molecule has 21 heavy (non-hydrogen) atoms. The summed E-state index contributed by atoms with van der Waals surface area (Å²) in [6, 6.07) is 16.7. The van der Waals surface area contributed by atoms with E-state index >= 15 is 0 Å². The summed E-state index contributed by atoms with van der Waals surface area (Å²) in [5.41, 5.74) is 0.706. The molecule has 1 unspecified atom stereocenters. The van der Waals surface area contributed by atoms with Crippen LogP contribution in [0.2, 0.25) is 5.02 Å². The zero-order valence-corrected chi connectivity index (χ0v) is 12.6. The lowest BCUT2D eigenvalue weighted by Crippen LogP contribution is -2.47. The number of carboxylic acid groups (broad SMARTS) is 1. The van der Waals surface area contributed by atoms with Gasteiger partial charge in [-0.15, -0.1) is 0 Å². The molecule has 0 saturated heterocycles. The summed E-state index contributed by atoms with van der Waals surface area (Å²) in [5, 5.41) is 13.5. The van der Waals surface area contributed by atoms with Gasteiger partial charge in [0, 0.05) is 17.1 Å². The second-order valence-electron chi connectivity index (χ2n) is 5.04. The van der Waals surface area contributed by atoms with Crippen molar-refractivity contribution in [1.82, 2.24) is 0 Å². The Labute approximate surface area is 129 Å². The van der Waals surface area contributed by atoms with E-state index in [0.29, 0.717) is 17.9 Å². The van der Waals surface area contributed by atoms with E-state index < -0.39 is 11.5 Å². The van der Waals surface area contributed by atoms with Crippen molar-refractivity contribution in [2.24, 2.45) is 0 Å². The fourth-order valence-electron chi connectivity index (χ4n) is 2.29. The maximum absolute atomic E-state index is 11.8. The third-order valence-corrected chi connectivity index (χ3v) is 3.84. The number of anilines is 1. The Morgan fingerprint density at radius 2 is 1.76 bits per heavy atom. The molecular weight excluding hydrogens is 286 g/mol. The minimum Gasteiger partial charge on any atom is -0.479 e. The molecule has 0 aliphatic heterocycles. The SMILES string of the molecule is CCC(Cc1ccccc1)(Nc1ccc(Cl)cc1)C(=O)O. The van der Waals surface area contributed by atoms with E-state index in [9.17, 15) is 9.90 Å². The molecule has 0 aliphatic rings. The number of halogens is 1. The maximum atomic E-state index is 11.8. The second kappa shape index (κ2) is 6.64. The number of hydrogen-bond acceptors (Lipinski definition) is 2. The van der Waals surface area contributed by atoms with E-state index in [-0.39, 0.29) is 0 Å². The number of rotatable bonds is 6. The summed E-state index contributed by atoms with van der Waals surface area (Å²) in [4.78, 5) is 11.8. The van der Waals surface area contributed by atoms with Crippen molar-refractivity contribution in [3.63, 3.8) is 0 Å². The fourth-order valence-corrected chi connectivity index (χ4v) is 2.42. The van der Waals surface area contributed by atoms with Gasteiger partial charge in [0.2, 0.25) is 0 Å². The molecule has 2 rings (SSSR count). The third kappa shape index (κ3) is 3.76. The topological polar surface area (TPSA) is 49.3 Å². The van der Waals surface area contributed by atoms with Crippen LogP contribution in [0.4, 0.5) is 5.69 Å². The van der Waals surface area contributed by atoms with Gasteiger partial charge < -0.3 is 10.4 Å². The molecule has 1 atom stereocenters. The molecule has 110 valence electrons. The zero-order valence-electron chi connectivity index (χ0n) is 11.8. The Kier molecular flexibility index (Phi) is 4.86. The van der Waals surface area contributed by atoms with Crippen LogP contribution in [0.15, 0.2) is 54.6 Å². The van der Waals surface area contributed by atoms with Crippen molar-refractivity contribution in [2.45, 2.75) is 25.3 Å². The van der Waals surface area contributed by atoms with E-state index in [1.807, 2.05) is 37.3 Å². The highest BCUT2D eigenvalue weighted by Crippen LogP contribution is 2.25. The van der Waals surface area contributed by atoms with Gasteiger partial charge in [0.15, 0.2) is 0 Å². The van der Waals surface area contributed by atoms with Crippen LogP contribution in [-0.2, 0) is 11.2 Å². The van der Waals surface area contributed by atoms with Gasteiger partial charge in [0.25, 0.3) is 0 Å². The summed E-state index contributed by atoms with van der Waals surface area (Å²) in [6.45, 7) is 1.87. The van der Waals surface area contributed by atoms with Gasteiger partial charge in [-0.2, -0.15) is 0 Å². The van der Waals surface area contributed by atoms with Crippen LogP contribution < -0.4 is 5.32 Å². The van der Waals surface area contributed by atoms with Crippen molar-refractivity contribution >= 4 is 23.3 Å². The van der Waals surface area contributed by atoms with Gasteiger partial charge in [0.1, 0.15) is 5.54 Å². The van der Waals surface area contributed by atoms with Crippen molar-refractivity contribution in [3.8, 4) is 0 Å². The lowest BCUT2D eigenvalue weighted by molar-refractivity contribution is -0.142. The highest BCUT2D eigenvalue weighted by Gasteiger charge is 2.36. The molecule has 4 heteroatoms. The molecule has 0 radical (unpaired) electrons. The van der Waals surface area contributed by atoms with Crippen molar-refractivity contribution in [2.75, 3.05) is 5.32 Å². The number of nitrogens with one attached hydrogen (secondary N) is 1. The van der Waals surface area contributed by atoms with Crippen LogP contribution in [0.25, 0.3) is 0 Å². The molecule has 0 aliphatic carbocycles. The molecule has 0 saturated carbocycles. The first-order valence-corrected chi connectivity index (χ1v) is 7.24. The Bertz CT molecular complexity index is 598. The number of aliphatic carboxylic acids is 1. The first-order valence-electron chi connectivity index (χ1n) is 6.87. The van der Waals surface area contributed by atoms with Gasteiger partial charge in [-0.1, -0.05) is 48.9 Å². The van der Waals surface area contributed by atoms with Gasteiger partial charge in [-0.05, 0) is 36.2 Å². The molecule has 0 fully saturated rings. The van der Waals surface area contributed by atoms with Crippen LogP contribution in [0.1, 0.15) is 18.9 Å². The van der Waals surface area contributed by atoms with Gasteiger partial charge in [0.05, 0.1) is 0 Å². The van der Waals surface area contributed by atoms with Crippen LogP contribution in [0, 0.1) is 0 Å². The molecule has 0 heterocycles. The van der Waals surface area contributed by atoms with E-state index in [4.69, 9.17) is 11.6 Å². The minimum absolute atomic E-state index is 0.419. The highest BCUT2D eigenvalue weighted by atomic mass is 35.5. The quantitative estimate of drug-likeness (QED) is 0.839. The molecule has 2 aromatic carbocycles. The lowest BCUT2D eigenvalue weighted by atomic mass is 9.87. The summed E-state index contributed by atoms with van der Waals surface area (Å²) in [5.74, 6) is -0.858. The number of carboxylic acids is 1. The van der Waals surface area contributed by atoms with Gasteiger partial charge in [-0.3, -0.25) is 0 Å². The maximum Gasteiger partial charge on any atom is 0.329 e. The van der Waals surface area contributed by atoms with E-state index in [1.54, 1.807) is 24.3 Å². The van der Waals surface area contributed by atoms with Crippen LogP contribution >= 0.6 is 11.6 Å². The molecule has 2 aromatic rings. The second-order valence-corrected chi connectivity index (χ2v) is 5.47. The van der Waals surface area contributed by atoms with Crippen molar-refractivity contribution in [3.05, 3.63) is 65.2 Å². The number of benzene rings is 2. The summed E-state index contributed by atoms with van der Waals surface area (Å²) in [7, 11) is 0. The smallest absolute Gasteiger partial charge is 0.329 e. The summed E-state index contributed by atoms with van der Waals surface area (Å²) >= 11 is 5.86. The molecule has 0 aromatic heterocycles. The predicted molar refractivity (Wildman–Crippen MR) is 85.9 cm³/mol. The number of hydrogen-bond donors (Lipinski definition) is 2. The Morgan fingerprint density at radius 3 is 2.29 bits per heavy atom. The lowest BCUT2D eigenvalue weighted by Gasteiger charge is -2.30. The van der Waals surface area contributed by atoms with Gasteiger partial charge in [-0.25, -0.2) is 4.79 Å². The Morgan fingerprint density at radius 1 is 1.14 bits per heavy atom. The first kappa shape index (κ1) is 15.4. The summed E-state index contributed by atoms with van der Waals surface area (Å²) in [6.07, 6.45) is 0.891. The van der Waals surface area contributed by atoms with Gasteiger partial charge >= 0.3 is 5.97 Å². The van der Waals surface area contributed by atoms with E-state index in [1.165, 1.54) is 0 Å². The normalized spacial score (nSPS) is 13.4. The standard InChI is InChI=1S/C17H18ClNO2/c1-2-17(16(20)21,12-13-6-4-3-5-7-13)19-15-10-8-14(18)9-11-15/h3-11,19H,2,12H2,1H3,(H,20,21). The van der Waals surface area contributed by atoms with Crippen LogP contribution in [-0.4, -0.2) is 16.6 Å². The Hall–Kier alpha value is -2.00. The molecule has 0 bridgehead atoms. The fraction of sp³-hybridized carbons (Fsp3) is 0.235. The monoisotopic (exact) mass is 303 g/mol. The van der Waals surface area contributed by atoms with E-state index in [2.05, 4.69) is 5.32 Å². The average Bonchev–Trinajstić information content (AvgIpc) is 2.49. The van der Waals surface area contributed by atoms with E-state index in [0.717, 1.165) is 11.3 Å². The molecule has 2 N–H and O–H groups in total. The minimum atomic E-state index is -1.03. The third-order valence-electron chi connectivity index (χ3n) is 3.59. The van der Waals surface area contributed by atoms with Crippen LogP contribution in [0.3, 0.4) is 0 Å². The summed E-state index contributed by atoms with van der Waals surface area (Å²) < 4.78 is 0. The molecule has 0 spiro atoms. The predicted octanol–water partition coefficient (Wildman–Crippen LogP) is 4.23. The first-order chi connectivity index (χ1) is 10.1. The molecule has 3 nitrogen and oxygen atoms in total. The van der Waals surface area contributed by atoms with Crippen LogP contribution in [0.5, 0.6) is 0 Å². The molecular formula is C17H18ClNO2. The average molecular weight is 304 g/mol. The highest BCUT2D eigenvalue weighted by molar-refractivity contribution is 6.30. The number of carbonyl (C=O) groups is 1.